The molecule has 5 heteroatoms. The van der Waals surface area contributed by atoms with Gasteiger partial charge >= 0.3 is 5.97 Å². The van der Waals surface area contributed by atoms with Crippen molar-refractivity contribution in [3.63, 3.8) is 0 Å². The lowest BCUT2D eigenvalue weighted by atomic mass is 9.83. The maximum absolute atomic E-state index is 11.7. The second-order valence-electron chi connectivity index (χ2n) is 8.54. The average molecular weight is 465 g/mol. The number of rotatable bonds is 7. The van der Waals surface area contributed by atoms with Crippen molar-refractivity contribution in [2.75, 3.05) is 7.11 Å². The first kappa shape index (κ1) is 23.9. The molecule has 0 bridgehead atoms. The smallest absolute Gasteiger partial charge is 0.337 e. The second-order valence-corrected chi connectivity index (χ2v) is 8.54. The van der Waals surface area contributed by atoms with Gasteiger partial charge in [-0.05, 0) is 65.9 Å². The van der Waals surface area contributed by atoms with Crippen LogP contribution in [0.3, 0.4) is 0 Å². The van der Waals surface area contributed by atoms with Crippen LogP contribution in [0.15, 0.2) is 96.3 Å². The number of hydrogen-bond donors (Lipinski definition) is 1. The van der Waals surface area contributed by atoms with Gasteiger partial charge in [0.1, 0.15) is 0 Å². The third-order valence-corrected chi connectivity index (χ3v) is 6.26. The number of methoxy groups -OCH3 is 1. The number of aromatic nitrogens is 1. The van der Waals surface area contributed by atoms with Crippen LogP contribution in [-0.4, -0.2) is 29.0 Å². The number of nitrogens with zero attached hydrogens (tertiary/aromatic N) is 2. The van der Waals surface area contributed by atoms with Crippen molar-refractivity contribution < 1.29 is 14.7 Å². The van der Waals surface area contributed by atoms with E-state index >= 15 is 0 Å². The number of esters is 1. The lowest BCUT2D eigenvalue weighted by Crippen LogP contribution is -2.12. The largest absolute Gasteiger partial charge is 0.465 e. The summed E-state index contributed by atoms with van der Waals surface area (Å²) in [5, 5.41) is 13.6. The molecular formula is C30H28N2O3. The molecule has 3 aromatic carbocycles. The lowest BCUT2D eigenvalue weighted by Gasteiger charge is -2.21. The maximum Gasteiger partial charge on any atom is 0.337 e. The third kappa shape index (κ3) is 5.46. The Balaban J connectivity index is 1.67. The summed E-state index contributed by atoms with van der Waals surface area (Å²) in [5.41, 5.74) is 8.44. The van der Waals surface area contributed by atoms with Gasteiger partial charge in [-0.3, -0.25) is 4.98 Å². The molecule has 1 heterocycles. The van der Waals surface area contributed by atoms with Crippen LogP contribution in [0.1, 0.15) is 50.6 Å². The van der Waals surface area contributed by atoms with Crippen molar-refractivity contribution >= 4 is 11.7 Å². The van der Waals surface area contributed by atoms with E-state index in [1.54, 1.807) is 18.3 Å². The standard InChI is InChI=1S/C30H28N2O3/c1-20-6-4-5-7-27(20)28(19-29(32-34)26-16-17-31-21(2)18-26)24-12-8-22(9-13-24)23-10-14-25(15-11-23)30(33)35-3/h4-18,28,34H,19H2,1-3H3. The summed E-state index contributed by atoms with van der Waals surface area (Å²) >= 11 is 0. The molecule has 0 saturated carbocycles. The molecule has 0 radical (unpaired) electrons. The number of benzene rings is 3. The number of oxime groups is 1. The quantitative estimate of drug-likeness (QED) is 0.146. The van der Waals surface area contributed by atoms with Gasteiger partial charge in [0.25, 0.3) is 0 Å². The highest BCUT2D eigenvalue weighted by atomic mass is 16.5. The molecule has 1 atom stereocenters. The highest BCUT2D eigenvalue weighted by Crippen LogP contribution is 2.33. The first-order chi connectivity index (χ1) is 17.0. The first-order valence-electron chi connectivity index (χ1n) is 11.5. The molecule has 0 saturated heterocycles. The molecule has 4 aromatic rings. The number of ether oxygens (including phenoxy) is 1. The Morgan fingerprint density at radius 1 is 0.914 bits per heavy atom. The molecule has 0 aliphatic heterocycles. The van der Waals surface area contributed by atoms with Gasteiger partial charge in [0.15, 0.2) is 0 Å². The predicted octanol–water partition coefficient (Wildman–Crippen LogP) is 6.55. The van der Waals surface area contributed by atoms with Crippen LogP contribution < -0.4 is 0 Å². The van der Waals surface area contributed by atoms with E-state index in [0.717, 1.165) is 27.9 Å². The number of pyridine rings is 1. The van der Waals surface area contributed by atoms with Crippen LogP contribution in [0.4, 0.5) is 0 Å². The fourth-order valence-electron chi connectivity index (χ4n) is 4.34. The van der Waals surface area contributed by atoms with Crippen molar-refractivity contribution in [1.82, 2.24) is 4.98 Å². The summed E-state index contributed by atoms with van der Waals surface area (Å²) < 4.78 is 4.79. The number of hydrogen-bond acceptors (Lipinski definition) is 5. The van der Waals surface area contributed by atoms with Gasteiger partial charge in [-0.2, -0.15) is 0 Å². The summed E-state index contributed by atoms with van der Waals surface area (Å²) in [6.45, 7) is 4.03. The molecule has 176 valence electrons. The Hall–Kier alpha value is -4.25. The molecular weight excluding hydrogens is 436 g/mol. The number of aryl methyl sites for hydroxylation is 2. The molecule has 4 rings (SSSR count). The minimum atomic E-state index is -0.348. The third-order valence-electron chi connectivity index (χ3n) is 6.26. The van der Waals surface area contributed by atoms with Crippen LogP contribution in [-0.2, 0) is 4.74 Å². The van der Waals surface area contributed by atoms with E-state index in [9.17, 15) is 10.0 Å². The van der Waals surface area contributed by atoms with Gasteiger partial charge in [-0.15, -0.1) is 0 Å². The molecule has 1 unspecified atom stereocenters. The molecule has 0 aliphatic carbocycles. The van der Waals surface area contributed by atoms with Crippen molar-refractivity contribution in [2.45, 2.75) is 26.2 Å². The first-order valence-corrected chi connectivity index (χ1v) is 11.5. The summed E-state index contributed by atoms with van der Waals surface area (Å²) in [4.78, 5) is 16.0. The Labute approximate surface area is 205 Å². The van der Waals surface area contributed by atoms with Crippen LogP contribution in [0, 0.1) is 13.8 Å². The predicted molar refractivity (Wildman–Crippen MR) is 138 cm³/mol. The zero-order chi connectivity index (χ0) is 24.8. The van der Waals surface area contributed by atoms with E-state index in [1.807, 2.05) is 43.3 Å². The van der Waals surface area contributed by atoms with Gasteiger partial charge < -0.3 is 9.94 Å². The second kappa shape index (κ2) is 10.8. The van der Waals surface area contributed by atoms with Gasteiger partial charge in [0.05, 0.1) is 18.4 Å². The summed E-state index contributed by atoms with van der Waals surface area (Å²) in [7, 11) is 1.38. The lowest BCUT2D eigenvalue weighted by molar-refractivity contribution is 0.0600. The molecule has 0 aliphatic rings. The average Bonchev–Trinajstić information content (AvgIpc) is 2.90. The normalized spacial score (nSPS) is 12.3. The zero-order valence-corrected chi connectivity index (χ0v) is 20.1. The van der Waals surface area contributed by atoms with Crippen LogP contribution in [0.5, 0.6) is 0 Å². The van der Waals surface area contributed by atoms with Crippen molar-refractivity contribution in [1.29, 1.82) is 0 Å². The molecule has 1 aromatic heterocycles. The van der Waals surface area contributed by atoms with Crippen LogP contribution >= 0.6 is 0 Å². The van der Waals surface area contributed by atoms with Gasteiger partial charge in [0.2, 0.25) is 0 Å². The summed E-state index contributed by atoms with van der Waals surface area (Å²) in [6.07, 6.45) is 2.27. The fourth-order valence-corrected chi connectivity index (χ4v) is 4.34. The fraction of sp³-hybridized carbons (Fsp3) is 0.167. The number of carbonyl (C=O) groups is 1. The van der Waals surface area contributed by atoms with Gasteiger partial charge in [0, 0.05) is 29.8 Å². The molecule has 5 nitrogen and oxygen atoms in total. The molecule has 0 spiro atoms. The van der Waals surface area contributed by atoms with E-state index in [0.29, 0.717) is 17.7 Å². The highest BCUT2D eigenvalue weighted by Gasteiger charge is 2.20. The minimum absolute atomic E-state index is 0.00585. The SMILES string of the molecule is COC(=O)c1ccc(-c2ccc(C(CC(=NO)c3ccnc(C)c3)c3ccccc3C)cc2)cc1. The Morgan fingerprint density at radius 2 is 1.57 bits per heavy atom. The Morgan fingerprint density at radius 3 is 2.17 bits per heavy atom. The monoisotopic (exact) mass is 464 g/mol. The number of carbonyl (C=O) groups excluding carboxylic acids is 1. The minimum Gasteiger partial charge on any atom is -0.465 e. The van der Waals surface area contributed by atoms with Crippen LogP contribution in [0.2, 0.25) is 0 Å². The summed E-state index contributed by atoms with van der Waals surface area (Å²) in [5.74, 6) is -0.343. The maximum atomic E-state index is 11.7. The molecule has 0 fully saturated rings. The molecule has 0 amide bonds. The molecule has 35 heavy (non-hydrogen) atoms. The topological polar surface area (TPSA) is 71.8 Å². The molecule has 1 N–H and O–H groups in total. The van der Waals surface area contributed by atoms with E-state index in [4.69, 9.17) is 4.74 Å². The highest BCUT2D eigenvalue weighted by molar-refractivity contribution is 6.01. The van der Waals surface area contributed by atoms with Gasteiger partial charge in [-0.25, -0.2) is 4.79 Å². The van der Waals surface area contributed by atoms with Crippen molar-refractivity contribution in [3.8, 4) is 11.1 Å². The van der Waals surface area contributed by atoms with Gasteiger partial charge in [-0.1, -0.05) is 65.8 Å². The Bertz CT molecular complexity index is 1340. The van der Waals surface area contributed by atoms with Crippen LogP contribution in [0.25, 0.3) is 11.1 Å². The van der Waals surface area contributed by atoms with Crippen molar-refractivity contribution in [2.24, 2.45) is 5.16 Å². The van der Waals surface area contributed by atoms with Crippen molar-refractivity contribution in [3.05, 3.63) is 125 Å². The zero-order valence-electron chi connectivity index (χ0n) is 20.1. The summed E-state index contributed by atoms with van der Waals surface area (Å²) in [6, 6.07) is 27.9. The van der Waals surface area contributed by atoms with E-state index in [1.165, 1.54) is 18.2 Å². The van der Waals surface area contributed by atoms with E-state index < -0.39 is 0 Å². The van der Waals surface area contributed by atoms with E-state index in [2.05, 4.69) is 53.5 Å². The Kier molecular flexibility index (Phi) is 7.36. The van der Waals surface area contributed by atoms with E-state index in [-0.39, 0.29) is 11.9 Å².